The van der Waals surface area contributed by atoms with Crippen LogP contribution in [0.15, 0.2) is 66.0 Å². The summed E-state index contributed by atoms with van der Waals surface area (Å²) in [5.41, 5.74) is 8.62. The summed E-state index contributed by atoms with van der Waals surface area (Å²) in [7, 11) is 1.31. The summed E-state index contributed by atoms with van der Waals surface area (Å²) in [6.07, 6.45) is 0.350. The van der Waals surface area contributed by atoms with E-state index in [0.29, 0.717) is 17.7 Å². The number of nitrogens with one attached hydrogen (secondary N) is 1. The SMILES string of the molecule is COC(=O)[C@@H](Cc1ccccc1)NC(=O)c1ccc(N)cc1-c1cccs1. The number of esters is 1. The molecule has 1 amide bonds. The third-order valence-corrected chi connectivity index (χ3v) is 5.05. The zero-order valence-corrected chi connectivity index (χ0v) is 15.7. The third kappa shape index (κ3) is 4.54. The average molecular weight is 380 g/mol. The van der Waals surface area contributed by atoms with Crippen LogP contribution in [0.5, 0.6) is 0 Å². The van der Waals surface area contributed by atoms with Crippen molar-refractivity contribution in [1.29, 1.82) is 0 Å². The molecule has 6 heteroatoms. The second kappa shape index (κ2) is 8.51. The van der Waals surface area contributed by atoms with Gasteiger partial charge in [0.25, 0.3) is 5.91 Å². The lowest BCUT2D eigenvalue weighted by atomic mass is 10.0. The largest absolute Gasteiger partial charge is 0.467 e. The van der Waals surface area contributed by atoms with Crippen LogP contribution in [-0.2, 0) is 16.0 Å². The van der Waals surface area contributed by atoms with Crippen LogP contribution in [-0.4, -0.2) is 25.0 Å². The lowest BCUT2D eigenvalue weighted by molar-refractivity contribution is -0.142. The van der Waals surface area contributed by atoms with Crippen molar-refractivity contribution in [3.8, 4) is 10.4 Å². The third-order valence-electron chi connectivity index (χ3n) is 4.15. The first-order valence-corrected chi connectivity index (χ1v) is 9.32. The number of hydrogen-bond donors (Lipinski definition) is 2. The monoisotopic (exact) mass is 380 g/mol. The van der Waals surface area contributed by atoms with Crippen LogP contribution in [0, 0.1) is 0 Å². The van der Waals surface area contributed by atoms with Crippen molar-refractivity contribution in [1.82, 2.24) is 5.32 Å². The van der Waals surface area contributed by atoms with Crippen molar-refractivity contribution in [2.75, 3.05) is 12.8 Å². The standard InChI is InChI=1S/C21H20N2O3S/c1-26-21(25)18(12-14-6-3-2-4-7-14)23-20(24)16-10-9-15(22)13-17(16)19-8-5-11-27-19/h2-11,13,18H,12,22H2,1H3,(H,23,24)/t18-/m1/s1. The van der Waals surface area contributed by atoms with Crippen molar-refractivity contribution in [3.05, 3.63) is 77.2 Å². The molecule has 5 nitrogen and oxygen atoms in total. The van der Waals surface area contributed by atoms with Crippen LogP contribution in [0.2, 0.25) is 0 Å². The number of nitrogens with two attached hydrogens (primary N) is 1. The number of hydrogen-bond acceptors (Lipinski definition) is 5. The molecular weight excluding hydrogens is 360 g/mol. The molecule has 3 N–H and O–H groups in total. The molecule has 138 valence electrons. The highest BCUT2D eigenvalue weighted by atomic mass is 32.1. The van der Waals surface area contributed by atoms with E-state index < -0.39 is 12.0 Å². The molecule has 0 aliphatic rings. The van der Waals surface area contributed by atoms with Crippen LogP contribution in [0.25, 0.3) is 10.4 Å². The summed E-state index contributed by atoms with van der Waals surface area (Å²) in [5, 5.41) is 4.74. The normalized spacial score (nSPS) is 11.6. The molecule has 1 atom stereocenters. The smallest absolute Gasteiger partial charge is 0.328 e. The molecule has 27 heavy (non-hydrogen) atoms. The summed E-state index contributed by atoms with van der Waals surface area (Å²) in [6, 6.07) is 17.7. The Balaban J connectivity index is 1.87. The van der Waals surface area contributed by atoms with Crippen molar-refractivity contribution in [2.45, 2.75) is 12.5 Å². The van der Waals surface area contributed by atoms with E-state index in [4.69, 9.17) is 10.5 Å². The van der Waals surface area contributed by atoms with Gasteiger partial charge in [-0.05, 0) is 35.2 Å². The number of rotatable bonds is 6. The van der Waals surface area contributed by atoms with Gasteiger partial charge in [0, 0.05) is 28.1 Å². The van der Waals surface area contributed by atoms with Gasteiger partial charge in [-0.25, -0.2) is 4.79 Å². The number of carbonyl (C=O) groups is 2. The van der Waals surface area contributed by atoms with Gasteiger partial charge >= 0.3 is 5.97 Å². The highest BCUT2D eigenvalue weighted by Gasteiger charge is 2.24. The highest BCUT2D eigenvalue weighted by Crippen LogP contribution is 2.30. The Morgan fingerprint density at radius 3 is 2.56 bits per heavy atom. The molecule has 3 aromatic rings. The summed E-state index contributed by atoms with van der Waals surface area (Å²) >= 11 is 1.52. The number of benzene rings is 2. The van der Waals surface area contributed by atoms with Crippen LogP contribution in [0.4, 0.5) is 5.69 Å². The van der Waals surface area contributed by atoms with E-state index in [1.165, 1.54) is 18.4 Å². The molecule has 0 fully saturated rings. The fourth-order valence-electron chi connectivity index (χ4n) is 2.82. The predicted octanol–water partition coefficient (Wildman–Crippen LogP) is 3.51. The first-order valence-electron chi connectivity index (χ1n) is 8.44. The Labute approximate surface area is 161 Å². The molecule has 1 aromatic heterocycles. The Hall–Kier alpha value is -3.12. The molecule has 3 rings (SSSR count). The summed E-state index contributed by atoms with van der Waals surface area (Å²) in [5.74, 6) is -0.829. The number of anilines is 1. The molecule has 0 saturated heterocycles. The van der Waals surface area contributed by atoms with Gasteiger partial charge in [0.15, 0.2) is 0 Å². The predicted molar refractivity (Wildman–Crippen MR) is 108 cm³/mol. The minimum atomic E-state index is -0.779. The average Bonchev–Trinajstić information content (AvgIpc) is 3.22. The Morgan fingerprint density at radius 2 is 1.89 bits per heavy atom. The molecule has 0 radical (unpaired) electrons. The number of carbonyl (C=O) groups excluding carboxylic acids is 2. The minimum absolute atomic E-state index is 0.343. The van der Waals surface area contributed by atoms with Crippen molar-refractivity contribution < 1.29 is 14.3 Å². The van der Waals surface area contributed by atoms with E-state index in [1.54, 1.807) is 18.2 Å². The Bertz CT molecular complexity index is 924. The van der Waals surface area contributed by atoms with Gasteiger partial charge in [0.05, 0.1) is 7.11 Å². The lowest BCUT2D eigenvalue weighted by Crippen LogP contribution is -2.43. The highest BCUT2D eigenvalue weighted by molar-refractivity contribution is 7.13. The van der Waals surface area contributed by atoms with Crippen LogP contribution < -0.4 is 11.1 Å². The fraction of sp³-hybridized carbons (Fsp3) is 0.143. The van der Waals surface area contributed by atoms with Gasteiger partial charge in [-0.3, -0.25) is 4.79 Å². The number of methoxy groups -OCH3 is 1. The fourth-order valence-corrected chi connectivity index (χ4v) is 3.57. The second-order valence-electron chi connectivity index (χ2n) is 6.02. The molecule has 1 heterocycles. The summed E-state index contributed by atoms with van der Waals surface area (Å²) < 4.78 is 4.87. The second-order valence-corrected chi connectivity index (χ2v) is 6.97. The maximum atomic E-state index is 12.9. The number of thiophene rings is 1. The van der Waals surface area contributed by atoms with E-state index in [9.17, 15) is 9.59 Å². The maximum Gasteiger partial charge on any atom is 0.328 e. The molecule has 0 saturated carbocycles. The maximum absolute atomic E-state index is 12.9. The molecule has 0 aliphatic carbocycles. The number of nitrogen functional groups attached to an aromatic ring is 1. The van der Waals surface area contributed by atoms with Gasteiger partial charge in [-0.2, -0.15) is 0 Å². The Morgan fingerprint density at radius 1 is 1.11 bits per heavy atom. The van der Waals surface area contributed by atoms with Crippen molar-refractivity contribution >= 4 is 28.9 Å². The molecule has 2 aromatic carbocycles. The molecule has 0 unspecified atom stereocenters. The van der Waals surface area contributed by atoms with Crippen LogP contribution in [0.3, 0.4) is 0 Å². The quantitative estimate of drug-likeness (QED) is 0.506. The molecule has 0 aliphatic heterocycles. The van der Waals surface area contributed by atoms with E-state index in [0.717, 1.165) is 16.0 Å². The first kappa shape index (κ1) is 18.7. The minimum Gasteiger partial charge on any atom is -0.467 e. The van der Waals surface area contributed by atoms with Crippen LogP contribution in [0.1, 0.15) is 15.9 Å². The van der Waals surface area contributed by atoms with Gasteiger partial charge < -0.3 is 15.8 Å². The lowest BCUT2D eigenvalue weighted by Gasteiger charge is -2.18. The van der Waals surface area contributed by atoms with E-state index in [-0.39, 0.29) is 5.91 Å². The van der Waals surface area contributed by atoms with E-state index >= 15 is 0 Å². The molecule has 0 spiro atoms. The van der Waals surface area contributed by atoms with E-state index in [1.807, 2.05) is 47.8 Å². The van der Waals surface area contributed by atoms with Crippen molar-refractivity contribution in [3.63, 3.8) is 0 Å². The van der Waals surface area contributed by atoms with E-state index in [2.05, 4.69) is 5.32 Å². The summed E-state index contributed by atoms with van der Waals surface area (Å²) in [6.45, 7) is 0. The van der Waals surface area contributed by atoms with Gasteiger partial charge in [0.2, 0.25) is 0 Å². The zero-order chi connectivity index (χ0) is 19.2. The van der Waals surface area contributed by atoms with Gasteiger partial charge in [-0.1, -0.05) is 36.4 Å². The number of amides is 1. The van der Waals surface area contributed by atoms with Crippen molar-refractivity contribution in [2.24, 2.45) is 0 Å². The Kier molecular flexibility index (Phi) is 5.88. The topological polar surface area (TPSA) is 81.4 Å². The summed E-state index contributed by atoms with van der Waals surface area (Å²) in [4.78, 5) is 26.1. The molecule has 0 bridgehead atoms. The van der Waals surface area contributed by atoms with Gasteiger partial charge in [0.1, 0.15) is 6.04 Å². The van der Waals surface area contributed by atoms with Crippen LogP contribution >= 0.6 is 11.3 Å². The number of ether oxygens (including phenoxy) is 1. The first-order chi connectivity index (χ1) is 13.1. The zero-order valence-electron chi connectivity index (χ0n) is 14.8. The van der Waals surface area contributed by atoms with Gasteiger partial charge in [-0.15, -0.1) is 11.3 Å². The molecular formula is C21H20N2O3S.